The van der Waals surface area contributed by atoms with Crippen molar-refractivity contribution in [2.75, 3.05) is 29.0 Å². The first-order valence-electron chi connectivity index (χ1n) is 5.65. The number of anilines is 3. The Morgan fingerprint density at radius 1 is 1.47 bits per heavy atom. The molecule has 1 amide bonds. The van der Waals surface area contributed by atoms with E-state index < -0.39 is 0 Å². The summed E-state index contributed by atoms with van der Waals surface area (Å²) in [4.78, 5) is 17.7. The average Bonchev–Trinajstić information content (AvgIpc) is 2.72. The zero-order valence-electron chi connectivity index (χ0n) is 9.61. The van der Waals surface area contributed by atoms with Crippen LogP contribution in [0.4, 0.5) is 16.0 Å². The fraction of sp³-hybridized carbons (Fsp3) is 0.455. The van der Waals surface area contributed by atoms with Crippen LogP contribution in [-0.4, -0.2) is 24.0 Å². The van der Waals surface area contributed by atoms with E-state index in [1.807, 2.05) is 0 Å². The summed E-state index contributed by atoms with van der Waals surface area (Å²) in [6.07, 6.45) is 4.87. The van der Waals surface area contributed by atoms with Crippen molar-refractivity contribution >= 4 is 33.2 Å². The second-order valence-corrected chi connectivity index (χ2v) is 4.93. The highest BCUT2D eigenvalue weighted by molar-refractivity contribution is 7.20. The van der Waals surface area contributed by atoms with Crippen molar-refractivity contribution in [2.24, 2.45) is 0 Å². The Bertz CT molecular complexity index is 423. The van der Waals surface area contributed by atoms with Crippen LogP contribution >= 0.6 is 11.3 Å². The maximum atomic E-state index is 11.2. The monoisotopic (exact) mass is 252 g/mol. The van der Waals surface area contributed by atoms with Gasteiger partial charge >= 0.3 is 0 Å². The van der Waals surface area contributed by atoms with Crippen LogP contribution in [-0.2, 0) is 4.79 Å². The highest BCUT2D eigenvalue weighted by atomic mass is 32.1. The van der Waals surface area contributed by atoms with E-state index in [0.29, 0.717) is 10.8 Å². The minimum atomic E-state index is -0.259. The maximum Gasteiger partial charge on any atom is 0.248 e. The lowest BCUT2D eigenvalue weighted by molar-refractivity contribution is -0.111. The predicted molar refractivity (Wildman–Crippen MR) is 71.4 cm³/mol. The van der Waals surface area contributed by atoms with Crippen molar-refractivity contribution in [3.8, 4) is 0 Å². The standard InChI is InChI=1S/C11H16N4OS/c1-2-8(16)13-10-9(12)14-11(17-10)15-6-4-3-5-7-15/h2H,1,3-7,12H2,(H,13,16). The van der Waals surface area contributed by atoms with Crippen LogP contribution in [0.3, 0.4) is 0 Å². The Balaban J connectivity index is 2.11. The zero-order valence-corrected chi connectivity index (χ0v) is 10.4. The summed E-state index contributed by atoms with van der Waals surface area (Å²) in [6.45, 7) is 5.44. The SMILES string of the molecule is C=CC(=O)Nc1sc(N2CCCCC2)nc1N. The van der Waals surface area contributed by atoms with Crippen LogP contribution in [0, 0.1) is 0 Å². The molecule has 0 bridgehead atoms. The number of nitrogens with one attached hydrogen (secondary N) is 1. The van der Waals surface area contributed by atoms with Gasteiger partial charge in [0.25, 0.3) is 0 Å². The van der Waals surface area contributed by atoms with Crippen LogP contribution in [0.25, 0.3) is 0 Å². The van der Waals surface area contributed by atoms with Crippen molar-refractivity contribution in [3.05, 3.63) is 12.7 Å². The molecule has 0 aromatic carbocycles. The highest BCUT2D eigenvalue weighted by Crippen LogP contribution is 2.34. The van der Waals surface area contributed by atoms with Gasteiger partial charge in [-0.3, -0.25) is 4.79 Å². The molecule has 1 aliphatic heterocycles. The molecule has 1 aromatic heterocycles. The first kappa shape index (κ1) is 11.9. The number of piperidine rings is 1. The normalized spacial score (nSPS) is 15.6. The van der Waals surface area contributed by atoms with Gasteiger partial charge in [-0.1, -0.05) is 17.9 Å². The van der Waals surface area contributed by atoms with E-state index in [4.69, 9.17) is 5.73 Å². The molecule has 92 valence electrons. The topological polar surface area (TPSA) is 71.2 Å². The van der Waals surface area contributed by atoms with Crippen molar-refractivity contribution < 1.29 is 4.79 Å². The third-order valence-corrected chi connectivity index (χ3v) is 3.74. The second kappa shape index (κ2) is 5.18. The maximum absolute atomic E-state index is 11.2. The molecule has 0 aliphatic carbocycles. The van der Waals surface area contributed by atoms with Crippen LogP contribution < -0.4 is 16.0 Å². The summed E-state index contributed by atoms with van der Waals surface area (Å²) in [5.41, 5.74) is 5.77. The Kier molecular flexibility index (Phi) is 3.63. The Labute approximate surface area is 104 Å². The molecule has 1 aromatic rings. The predicted octanol–water partition coefficient (Wildman–Crippen LogP) is 1.84. The molecule has 5 nitrogen and oxygen atoms in total. The molecule has 0 saturated carbocycles. The number of nitrogen functional groups attached to an aromatic ring is 1. The number of carbonyl (C=O) groups excluding carboxylic acids is 1. The van der Waals surface area contributed by atoms with Gasteiger partial charge in [-0.05, 0) is 25.3 Å². The zero-order chi connectivity index (χ0) is 12.3. The van der Waals surface area contributed by atoms with Crippen molar-refractivity contribution in [1.29, 1.82) is 0 Å². The molecule has 0 spiro atoms. The molecule has 1 aliphatic rings. The van der Waals surface area contributed by atoms with Gasteiger partial charge in [0, 0.05) is 13.1 Å². The molecular weight excluding hydrogens is 236 g/mol. The number of thiazole rings is 1. The number of nitrogens with two attached hydrogens (primary N) is 1. The molecule has 1 saturated heterocycles. The van der Waals surface area contributed by atoms with Crippen LogP contribution in [0.1, 0.15) is 19.3 Å². The van der Waals surface area contributed by atoms with Gasteiger partial charge in [0.2, 0.25) is 5.91 Å². The summed E-state index contributed by atoms with van der Waals surface area (Å²) >= 11 is 1.42. The Hall–Kier alpha value is -1.56. The fourth-order valence-corrected chi connectivity index (χ4v) is 2.73. The van der Waals surface area contributed by atoms with Gasteiger partial charge in [-0.15, -0.1) is 0 Å². The second-order valence-electron chi connectivity index (χ2n) is 3.95. The fourth-order valence-electron chi connectivity index (χ4n) is 1.79. The van der Waals surface area contributed by atoms with Gasteiger partial charge in [0.05, 0.1) is 0 Å². The third kappa shape index (κ3) is 2.76. The molecule has 2 heterocycles. The summed E-state index contributed by atoms with van der Waals surface area (Å²) in [6, 6.07) is 0. The number of hydrogen-bond acceptors (Lipinski definition) is 5. The number of hydrogen-bond donors (Lipinski definition) is 2. The Morgan fingerprint density at radius 2 is 2.18 bits per heavy atom. The van der Waals surface area contributed by atoms with Gasteiger partial charge in [-0.25, -0.2) is 4.98 Å². The van der Waals surface area contributed by atoms with Crippen LogP contribution in [0.5, 0.6) is 0 Å². The van der Waals surface area contributed by atoms with Crippen LogP contribution in [0.2, 0.25) is 0 Å². The average molecular weight is 252 g/mol. The molecule has 3 N–H and O–H groups in total. The molecule has 0 atom stereocenters. The van der Waals surface area contributed by atoms with Crippen LogP contribution in [0.15, 0.2) is 12.7 Å². The van der Waals surface area contributed by atoms with Crippen molar-refractivity contribution in [3.63, 3.8) is 0 Å². The first-order valence-corrected chi connectivity index (χ1v) is 6.47. The number of rotatable bonds is 3. The van der Waals surface area contributed by atoms with E-state index in [9.17, 15) is 4.79 Å². The minimum absolute atomic E-state index is 0.259. The Morgan fingerprint density at radius 3 is 2.82 bits per heavy atom. The molecule has 17 heavy (non-hydrogen) atoms. The van der Waals surface area contributed by atoms with Gasteiger partial charge < -0.3 is 16.0 Å². The number of aromatic nitrogens is 1. The number of amides is 1. The highest BCUT2D eigenvalue weighted by Gasteiger charge is 2.17. The van der Waals surface area contributed by atoms with E-state index in [-0.39, 0.29) is 5.91 Å². The molecule has 0 unspecified atom stereocenters. The van der Waals surface area contributed by atoms with E-state index in [2.05, 4.69) is 21.8 Å². The number of carbonyl (C=O) groups is 1. The van der Waals surface area contributed by atoms with E-state index in [1.54, 1.807) is 0 Å². The van der Waals surface area contributed by atoms with Crippen molar-refractivity contribution in [2.45, 2.75) is 19.3 Å². The van der Waals surface area contributed by atoms with Gasteiger partial charge in [0.15, 0.2) is 10.9 Å². The number of nitrogens with zero attached hydrogens (tertiary/aromatic N) is 2. The largest absolute Gasteiger partial charge is 0.381 e. The molecule has 2 rings (SSSR count). The smallest absolute Gasteiger partial charge is 0.248 e. The molecule has 1 fully saturated rings. The molecule has 6 heteroatoms. The summed E-state index contributed by atoms with van der Waals surface area (Å²) in [5, 5.41) is 4.16. The van der Waals surface area contributed by atoms with E-state index in [1.165, 1.54) is 36.7 Å². The minimum Gasteiger partial charge on any atom is -0.381 e. The molecular formula is C11H16N4OS. The van der Waals surface area contributed by atoms with Gasteiger partial charge in [0.1, 0.15) is 5.00 Å². The van der Waals surface area contributed by atoms with Crippen molar-refractivity contribution in [1.82, 2.24) is 4.98 Å². The van der Waals surface area contributed by atoms with E-state index in [0.717, 1.165) is 18.2 Å². The van der Waals surface area contributed by atoms with Gasteiger partial charge in [-0.2, -0.15) is 0 Å². The third-order valence-electron chi connectivity index (χ3n) is 2.69. The quantitative estimate of drug-likeness (QED) is 0.805. The lowest BCUT2D eigenvalue weighted by atomic mass is 10.1. The summed E-state index contributed by atoms with van der Waals surface area (Å²) < 4.78 is 0. The first-order chi connectivity index (χ1) is 8.20. The van der Waals surface area contributed by atoms with E-state index >= 15 is 0 Å². The molecule has 0 radical (unpaired) electrons. The lowest BCUT2D eigenvalue weighted by Gasteiger charge is -2.25. The summed E-state index contributed by atoms with van der Waals surface area (Å²) in [7, 11) is 0. The summed E-state index contributed by atoms with van der Waals surface area (Å²) in [5.74, 6) is 0.122. The lowest BCUT2D eigenvalue weighted by Crippen LogP contribution is -2.29.